The molecule has 0 bridgehead atoms. The molecule has 1 aliphatic heterocycles. The van der Waals surface area contributed by atoms with E-state index in [9.17, 15) is 9.59 Å². The first-order chi connectivity index (χ1) is 10.7. The molecule has 1 aliphatic carbocycles. The maximum Gasteiger partial charge on any atom is 0.259 e. The zero-order valence-corrected chi connectivity index (χ0v) is 13.5. The summed E-state index contributed by atoms with van der Waals surface area (Å²) in [6, 6.07) is 1.64. The number of hydrogen-bond donors (Lipinski definition) is 0. The molecular weight excluding hydrogens is 302 g/mol. The number of amides is 1. The van der Waals surface area contributed by atoms with Crippen LogP contribution in [-0.4, -0.2) is 29.2 Å². The summed E-state index contributed by atoms with van der Waals surface area (Å²) >= 11 is 5.98. The highest BCUT2D eigenvalue weighted by Gasteiger charge is 2.37. The van der Waals surface area contributed by atoms with E-state index in [1.54, 1.807) is 6.07 Å². The van der Waals surface area contributed by atoms with Crippen molar-refractivity contribution in [1.82, 2.24) is 4.90 Å². The van der Waals surface area contributed by atoms with Gasteiger partial charge < -0.3 is 9.32 Å². The molecule has 2 fully saturated rings. The van der Waals surface area contributed by atoms with Gasteiger partial charge in [0.15, 0.2) is 0 Å². The van der Waals surface area contributed by atoms with Gasteiger partial charge >= 0.3 is 0 Å². The van der Waals surface area contributed by atoms with Gasteiger partial charge in [0.1, 0.15) is 5.78 Å². The third-order valence-corrected chi connectivity index (χ3v) is 5.27. The van der Waals surface area contributed by atoms with Gasteiger partial charge in [-0.15, -0.1) is 0 Å². The van der Waals surface area contributed by atoms with Crippen LogP contribution in [0.3, 0.4) is 0 Å². The van der Waals surface area contributed by atoms with Crippen LogP contribution < -0.4 is 0 Å². The molecule has 1 aromatic heterocycles. The van der Waals surface area contributed by atoms with Crippen LogP contribution in [0.5, 0.6) is 0 Å². The van der Waals surface area contributed by atoms with Gasteiger partial charge in [0, 0.05) is 24.9 Å². The molecule has 1 amide bonds. The van der Waals surface area contributed by atoms with Crippen LogP contribution >= 0.6 is 11.6 Å². The third kappa shape index (κ3) is 3.07. The third-order valence-electron chi connectivity index (χ3n) is 4.97. The van der Waals surface area contributed by atoms with Gasteiger partial charge in [0.2, 0.25) is 5.22 Å². The van der Waals surface area contributed by atoms with E-state index in [0.717, 1.165) is 44.9 Å². The summed E-state index contributed by atoms with van der Waals surface area (Å²) in [7, 11) is 0. The van der Waals surface area contributed by atoms with Crippen molar-refractivity contribution in [3.05, 3.63) is 23.1 Å². The summed E-state index contributed by atoms with van der Waals surface area (Å²) in [6.07, 6.45) is 9.18. The summed E-state index contributed by atoms with van der Waals surface area (Å²) in [5.41, 5.74) is 0.414. The van der Waals surface area contributed by atoms with Gasteiger partial charge in [0.25, 0.3) is 5.91 Å². The van der Waals surface area contributed by atoms with Crippen LogP contribution in [0.2, 0.25) is 5.22 Å². The predicted octanol–water partition coefficient (Wildman–Crippen LogP) is 4.08. The summed E-state index contributed by atoms with van der Waals surface area (Å²) in [5.74, 6) is 0.236. The van der Waals surface area contributed by atoms with Gasteiger partial charge in [-0.3, -0.25) is 9.59 Å². The Bertz CT molecular complexity index is 554. The maximum absolute atomic E-state index is 12.9. The lowest BCUT2D eigenvalue weighted by Gasteiger charge is -2.36. The molecular formula is C17H22ClNO3. The average Bonchev–Trinajstić information content (AvgIpc) is 2.80. The van der Waals surface area contributed by atoms with Crippen molar-refractivity contribution < 1.29 is 14.0 Å². The van der Waals surface area contributed by atoms with Crippen molar-refractivity contribution in [1.29, 1.82) is 0 Å². The number of nitrogens with zero attached hydrogens (tertiary/aromatic N) is 1. The van der Waals surface area contributed by atoms with Crippen LogP contribution in [0.25, 0.3) is 0 Å². The molecule has 0 N–H and O–H groups in total. The van der Waals surface area contributed by atoms with E-state index in [0.29, 0.717) is 24.3 Å². The normalized spacial score (nSPS) is 26.8. The highest BCUT2D eigenvalue weighted by molar-refractivity contribution is 6.32. The van der Waals surface area contributed by atoms with E-state index in [1.807, 2.05) is 4.90 Å². The lowest BCUT2D eigenvalue weighted by molar-refractivity contribution is -0.126. The minimum Gasteiger partial charge on any atom is -0.452 e. The number of carbonyl (C=O) groups is 2. The predicted molar refractivity (Wildman–Crippen MR) is 84.0 cm³/mol. The van der Waals surface area contributed by atoms with Crippen LogP contribution in [0.1, 0.15) is 61.7 Å². The monoisotopic (exact) mass is 323 g/mol. The van der Waals surface area contributed by atoms with E-state index in [4.69, 9.17) is 16.0 Å². The first-order valence-electron chi connectivity index (χ1n) is 8.25. The second-order valence-electron chi connectivity index (χ2n) is 6.34. The zero-order chi connectivity index (χ0) is 15.5. The smallest absolute Gasteiger partial charge is 0.259 e. The summed E-state index contributed by atoms with van der Waals surface area (Å²) in [5, 5.41) is 0.142. The molecule has 4 nitrogen and oxygen atoms in total. The molecule has 2 atom stereocenters. The Kier molecular flexibility index (Phi) is 4.87. The van der Waals surface area contributed by atoms with Crippen LogP contribution in [0.15, 0.2) is 16.7 Å². The molecule has 2 aliphatic rings. The molecule has 120 valence electrons. The highest BCUT2D eigenvalue weighted by Crippen LogP contribution is 2.33. The van der Waals surface area contributed by atoms with E-state index >= 15 is 0 Å². The lowest BCUT2D eigenvalue weighted by Crippen LogP contribution is -2.47. The Morgan fingerprint density at radius 1 is 1.18 bits per heavy atom. The van der Waals surface area contributed by atoms with Gasteiger partial charge in [-0.05, 0) is 43.4 Å². The van der Waals surface area contributed by atoms with Crippen LogP contribution in [0.4, 0.5) is 0 Å². The number of hydrogen-bond acceptors (Lipinski definition) is 3. The summed E-state index contributed by atoms with van der Waals surface area (Å²) < 4.78 is 5.06. The Morgan fingerprint density at radius 2 is 2.00 bits per heavy atom. The van der Waals surface area contributed by atoms with Gasteiger partial charge in [-0.25, -0.2) is 0 Å². The zero-order valence-electron chi connectivity index (χ0n) is 12.7. The topological polar surface area (TPSA) is 50.5 Å². The van der Waals surface area contributed by atoms with E-state index < -0.39 is 0 Å². The molecule has 0 spiro atoms. The quantitative estimate of drug-likeness (QED) is 0.824. The second kappa shape index (κ2) is 6.86. The van der Waals surface area contributed by atoms with E-state index in [1.165, 1.54) is 6.26 Å². The molecule has 1 saturated carbocycles. The van der Waals surface area contributed by atoms with E-state index in [-0.39, 0.29) is 23.1 Å². The molecule has 1 aromatic rings. The summed E-state index contributed by atoms with van der Waals surface area (Å²) in [6.45, 7) is 0.703. The number of carbonyl (C=O) groups excluding carboxylic acids is 2. The minimum absolute atomic E-state index is 0.00137. The van der Waals surface area contributed by atoms with Crippen LogP contribution in [-0.2, 0) is 4.79 Å². The van der Waals surface area contributed by atoms with Crippen molar-refractivity contribution in [2.45, 2.75) is 57.4 Å². The Balaban J connectivity index is 1.86. The molecule has 2 heterocycles. The van der Waals surface area contributed by atoms with Crippen molar-refractivity contribution >= 4 is 23.3 Å². The second-order valence-corrected chi connectivity index (χ2v) is 6.69. The lowest BCUT2D eigenvalue weighted by atomic mass is 9.80. The van der Waals surface area contributed by atoms with Gasteiger partial charge in [-0.1, -0.05) is 19.3 Å². The molecule has 1 saturated heterocycles. The van der Waals surface area contributed by atoms with Crippen LogP contribution in [0, 0.1) is 5.92 Å². The molecule has 3 rings (SSSR count). The highest BCUT2D eigenvalue weighted by atomic mass is 35.5. The fraction of sp³-hybridized carbons (Fsp3) is 0.647. The molecule has 2 unspecified atom stereocenters. The van der Waals surface area contributed by atoms with E-state index in [2.05, 4.69) is 0 Å². The Labute approximate surface area is 135 Å². The maximum atomic E-state index is 12.9. The standard InChI is InChI=1S/C17H22ClNO3/c18-16-13(9-11-22-16)17(21)19-10-5-1-2-7-14(19)12-6-3-4-8-15(12)20/h9,11-12,14H,1-8,10H2. The average molecular weight is 324 g/mol. The Morgan fingerprint density at radius 3 is 2.73 bits per heavy atom. The summed E-state index contributed by atoms with van der Waals surface area (Å²) in [4.78, 5) is 27.1. The van der Waals surface area contributed by atoms with Gasteiger partial charge in [-0.2, -0.15) is 0 Å². The first kappa shape index (κ1) is 15.6. The number of rotatable bonds is 2. The number of Topliss-reactive ketones (excluding diaryl/α,β-unsaturated/α-hetero) is 1. The number of ketones is 1. The number of halogens is 1. The molecule has 0 aromatic carbocycles. The number of likely N-dealkylation sites (tertiary alicyclic amines) is 1. The fourth-order valence-electron chi connectivity index (χ4n) is 3.82. The van der Waals surface area contributed by atoms with Crippen molar-refractivity contribution in [2.75, 3.05) is 6.54 Å². The minimum atomic E-state index is -0.0935. The SMILES string of the molecule is O=C1CCCCC1C1CCCCCN1C(=O)c1ccoc1Cl. The van der Waals surface area contributed by atoms with Crippen molar-refractivity contribution in [3.63, 3.8) is 0 Å². The Hall–Kier alpha value is -1.29. The van der Waals surface area contributed by atoms with Gasteiger partial charge in [0.05, 0.1) is 11.8 Å². The fourth-order valence-corrected chi connectivity index (χ4v) is 4.02. The first-order valence-corrected chi connectivity index (χ1v) is 8.63. The molecule has 0 radical (unpaired) electrons. The largest absolute Gasteiger partial charge is 0.452 e. The molecule has 22 heavy (non-hydrogen) atoms. The number of furan rings is 1. The molecule has 5 heteroatoms. The van der Waals surface area contributed by atoms with Crippen molar-refractivity contribution in [2.24, 2.45) is 5.92 Å². The van der Waals surface area contributed by atoms with Crippen molar-refractivity contribution in [3.8, 4) is 0 Å².